The molecular weight excluding hydrogens is 495 g/mol. The van der Waals surface area contributed by atoms with Gasteiger partial charge in [0.25, 0.3) is 0 Å². The van der Waals surface area contributed by atoms with Crippen molar-refractivity contribution in [1.29, 1.82) is 0 Å². The summed E-state index contributed by atoms with van der Waals surface area (Å²) in [6, 6.07) is 0. The van der Waals surface area contributed by atoms with Crippen molar-refractivity contribution >= 4 is 35.8 Å². The molecule has 0 heterocycles. The zero-order valence-electron chi connectivity index (χ0n) is 23.0. The van der Waals surface area contributed by atoms with Gasteiger partial charge in [-0.1, -0.05) is 109 Å². The molecule has 0 aromatic carbocycles. The van der Waals surface area contributed by atoms with E-state index < -0.39 is 11.9 Å². The van der Waals surface area contributed by atoms with E-state index in [0.717, 1.165) is 12.8 Å². The minimum Gasteiger partial charge on any atom is -0.481 e. The van der Waals surface area contributed by atoms with E-state index in [4.69, 9.17) is 10.2 Å². The molecule has 2 atom stereocenters. The molecule has 0 aliphatic heterocycles. The van der Waals surface area contributed by atoms with E-state index in [0.29, 0.717) is 0 Å². The fraction of sp³-hybridized carbons (Fsp3) is 0.923. The van der Waals surface area contributed by atoms with Crippen LogP contribution in [0.4, 0.5) is 0 Å². The largest absolute Gasteiger partial charge is 0.481 e. The van der Waals surface area contributed by atoms with Gasteiger partial charge in [0.15, 0.2) is 0 Å². The van der Waals surface area contributed by atoms with Gasteiger partial charge in [-0.3, -0.25) is 9.59 Å². The second kappa shape index (κ2) is 24.4. The predicted octanol–water partition coefficient (Wildman–Crippen LogP) is 8.30. The van der Waals surface area contributed by atoms with E-state index in [1.54, 1.807) is 0 Å². The summed E-state index contributed by atoms with van der Waals surface area (Å²) in [5.74, 6) is -0.816. The third-order valence-corrected chi connectivity index (χ3v) is 3.97. The molecule has 0 rings (SSSR count). The molecule has 0 bridgehead atoms. The van der Waals surface area contributed by atoms with Crippen LogP contribution in [0.3, 0.4) is 0 Å². The smallest absolute Gasteiger partial charge is 0.303 e. The maximum absolute atomic E-state index is 10.3. The summed E-state index contributed by atoms with van der Waals surface area (Å²) in [5, 5.41) is 17.0. The molecule has 4 nitrogen and oxygen atoms in total. The fourth-order valence-electron chi connectivity index (χ4n) is 2.83. The standard InChI is InChI=1S/2C9H18O2.2C4H10.Sn/c2*1-7(5-8(10)11)6-9(2,3)4;2*1-3-4-2;/h2*7H,5-6H2,1-4H3,(H,10,11);2*3-4H2,1-2H3;. The van der Waals surface area contributed by atoms with E-state index >= 15 is 0 Å². The second-order valence-electron chi connectivity index (χ2n) is 10.9. The number of rotatable bonds is 8. The molecule has 188 valence electrons. The first-order valence-electron chi connectivity index (χ1n) is 11.9. The first-order chi connectivity index (χ1) is 13.4. The predicted molar refractivity (Wildman–Crippen MR) is 138 cm³/mol. The summed E-state index contributed by atoms with van der Waals surface area (Å²) in [5.41, 5.74) is 0.490. The maximum atomic E-state index is 10.3. The molecule has 31 heavy (non-hydrogen) atoms. The molecule has 0 fully saturated rings. The Hall–Kier alpha value is -0.261. The number of carbonyl (C=O) groups is 2. The maximum Gasteiger partial charge on any atom is 0.303 e. The summed E-state index contributed by atoms with van der Waals surface area (Å²) in [4.78, 5) is 20.6. The molecular formula is C26H56O4Sn. The van der Waals surface area contributed by atoms with Gasteiger partial charge in [-0.15, -0.1) is 0 Å². The molecule has 0 aromatic rings. The number of aliphatic carboxylic acids is 2. The van der Waals surface area contributed by atoms with Crippen molar-refractivity contribution in [2.45, 2.75) is 134 Å². The van der Waals surface area contributed by atoms with Gasteiger partial charge >= 0.3 is 11.9 Å². The molecule has 0 saturated carbocycles. The second-order valence-corrected chi connectivity index (χ2v) is 10.9. The Morgan fingerprint density at radius 3 is 0.903 bits per heavy atom. The van der Waals surface area contributed by atoms with Crippen LogP contribution in [0.15, 0.2) is 0 Å². The Balaban J connectivity index is -0.000000106. The zero-order chi connectivity index (χ0) is 25.0. The van der Waals surface area contributed by atoms with Crippen LogP contribution in [0.1, 0.15) is 134 Å². The number of unbranched alkanes of at least 4 members (excludes halogenated alkanes) is 2. The summed E-state index contributed by atoms with van der Waals surface area (Å²) < 4.78 is 0. The SMILES string of the molecule is CC(CC(=O)O)CC(C)(C)C.CC(CC(=O)O)CC(C)(C)C.CCCC.CCCC.[Sn]. The Bertz CT molecular complexity index is 353. The van der Waals surface area contributed by atoms with Gasteiger partial charge in [0.05, 0.1) is 0 Å². The van der Waals surface area contributed by atoms with Crippen molar-refractivity contribution in [3.05, 3.63) is 0 Å². The van der Waals surface area contributed by atoms with Crippen molar-refractivity contribution in [2.24, 2.45) is 22.7 Å². The Morgan fingerprint density at radius 1 is 0.613 bits per heavy atom. The average Bonchev–Trinajstić information content (AvgIpc) is 2.50. The number of carboxylic acid groups (broad SMARTS) is 2. The summed E-state index contributed by atoms with van der Waals surface area (Å²) >= 11 is 0. The summed E-state index contributed by atoms with van der Waals surface area (Å²) in [7, 11) is 0. The van der Waals surface area contributed by atoms with Crippen LogP contribution in [0.25, 0.3) is 0 Å². The monoisotopic (exact) mass is 552 g/mol. The first kappa shape index (κ1) is 41.0. The molecule has 2 unspecified atom stereocenters. The normalized spacial score (nSPS) is 12.3. The van der Waals surface area contributed by atoms with E-state index in [2.05, 4.69) is 69.2 Å². The molecule has 0 spiro atoms. The van der Waals surface area contributed by atoms with Crippen LogP contribution in [-0.4, -0.2) is 46.1 Å². The number of hydrogen-bond donors (Lipinski definition) is 2. The van der Waals surface area contributed by atoms with Gasteiger partial charge in [-0.25, -0.2) is 0 Å². The quantitative estimate of drug-likeness (QED) is 0.298. The molecule has 2 N–H and O–H groups in total. The van der Waals surface area contributed by atoms with Gasteiger partial charge in [0.1, 0.15) is 0 Å². The van der Waals surface area contributed by atoms with Gasteiger partial charge < -0.3 is 10.2 Å². The van der Waals surface area contributed by atoms with Gasteiger partial charge in [0, 0.05) is 36.7 Å². The van der Waals surface area contributed by atoms with Crippen molar-refractivity contribution in [2.75, 3.05) is 0 Å². The van der Waals surface area contributed by atoms with Crippen LogP contribution in [0.2, 0.25) is 0 Å². The fourth-order valence-corrected chi connectivity index (χ4v) is 2.83. The van der Waals surface area contributed by atoms with Crippen LogP contribution >= 0.6 is 0 Å². The van der Waals surface area contributed by atoms with E-state index in [1.165, 1.54) is 25.7 Å². The minimum atomic E-state index is -0.693. The van der Waals surface area contributed by atoms with E-state index in [9.17, 15) is 9.59 Å². The van der Waals surface area contributed by atoms with E-state index in [1.807, 2.05) is 13.8 Å². The van der Waals surface area contributed by atoms with Crippen LogP contribution in [0.5, 0.6) is 0 Å². The molecule has 0 amide bonds. The first-order valence-corrected chi connectivity index (χ1v) is 11.9. The van der Waals surface area contributed by atoms with Gasteiger partial charge in [-0.05, 0) is 35.5 Å². The molecule has 0 aliphatic rings. The molecule has 5 heteroatoms. The van der Waals surface area contributed by atoms with Crippen molar-refractivity contribution in [1.82, 2.24) is 0 Å². The van der Waals surface area contributed by atoms with Crippen molar-refractivity contribution in [3.63, 3.8) is 0 Å². The molecule has 0 saturated heterocycles. The van der Waals surface area contributed by atoms with Gasteiger partial charge in [-0.2, -0.15) is 0 Å². The Kier molecular flexibility index (Phi) is 32.3. The number of carboxylic acids is 2. The molecule has 0 aromatic heterocycles. The van der Waals surface area contributed by atoms with Crippen LogP contribution in [0, 0.1) is 22.7 Å². The Labute approximate surface area is 212 Å². The zero-order valence-corrected chi connectivity index (χ0v) is 25.9. The van der Waals surface area contributed by atoms with Crippen LogP contribution < -0.4 is 0 Å². The van der Waals surface area contributed by atoms with Crippen molar-refractivity contribution in [3.8, 4) is 0 Å². The third-order valence-electron chi connectivity index (χ3n) is 3.97. The van der Waals surface area contributed by atoms with E-state index in [-0.39, 0.29) is 59.4 Å². The van der Waals surface area contributed by atoms with Crippen molar-refractivity contribution < 1.29 is 19.8 Å². The minimum absolute atomic E-state index is 0. The third kappa shape index (κ3) is 58.7. The topological polar surface area (TPSA) is 74.6 Å². The average molecular weight is 551 g/mol. The summed E-state index contributed by atoms with van der Waals surface area (Å²) in [6.45, 7) is 25.5. The van der Waals surface area contributed by atoms with Gasteiger partial charge in [0.2, 0.25) is 0 Å². The summed E-state index contributed by atoms with van der Waals surface area (Å²) in [6.07, 6.45) is 7.80. The number of hydrogen-bond acceptors (Lipinski definition) is 2. The molecule has 4 radical (unpaired) electrons. The molecule has 0 aliphatic carbocycles. The Morgan fingerprint density at radius 2 is 0.806 bits per heavy atom. The van der Waals surface area contributed by atoms with Crippen LogP contribution in [-0.2, 0) is 9.59 Å².